The molecule has 0 bridgehead atoms. The summed E-state index contributed by atoms with van der Waals surface area (Å²) < 4.78 is 25.6. The highest BCUT2D eigenvalue weighted by molar-refractivity contribution is 7.80. The first-order valence-electron chi connectivity index (χ1n) is 19.2. The summed E-state index contributed by atoms with van der Waals surface area (Å²) in [5, 5.41) is 84.9. The number of nitrogens with zero attached hydrogens (tertiary/aromatic N) is 2. The number of imide groups is 1. The maximum Gasteiger partial charge on any atom is 0.325 e. The third kappa shape index (κ3) is 14.9. The molecule has 0 aliphatic carbocycles. The Labute approximate surface area is 379 Å². The summed E-state index contributed by atoms with van der Waals surface area (Å²) in [6.07, 6.45) is -9.92. The molecule has 0 spiro atoms. The molecule has 0 aromatic carbocycles. The van der Waals surface area contributed by atoms with E-state index in [1.54, 1.807) is 21.1 Å². The minimum absolute atomic E-state index is 0.000000000000000222. The van der Waals surface area contributed by atoms with Gasteiger partial charge in [0.2, 0.25) is 12.3 Å². The van der Waals surface area contributed by atoms with Gasteiger partial charge in [0.15, 0.2) is 9.88 Å². The van der Waals surface area contributed by atoms with E-state index >= 15 is 0 Å². The van der Waals surface area contributed by atoms with Crippen LogP contribution in [0.25, 0.3) is 0 Å². The number of carbonyl (C=O) groups excluding carboxylic acids is 2. The summed E-state index contributed by atoms with van der Waals surface area (Å²) >= 11 is 8.82. The molecule has 2 amide bonds. The van der Waals surface area contributed by atoms with Crippen molar-refractivity contribution in [1.82, 2.24) is 29.7 Å². The van der Waals surface area contributed by atoms with Crippen molar-refractivity contribution in [1.29, 1.82) is 0 Å². The van der Waals surface area contributed by atoms with Crippen LogP contribution in [0.15, 0.2) is 38.4 Å². The molecule has 65 heavy (non-hydrogen) atoms. The number of aromatic amines is 4. The summed E-state index contributed by atoms with van der Waals surface area (Å²) in [6.45, 7) is 0.262. The lowest BCUT2D eigenvalue weighted by atomic mass is 9.93. The van der Waals surface area contributed by atoms with Gasteiger partial charge in [0.1, 0.15) is 73.2 Å². The molecule has 0 saturated carbocycles. The molecule has 3 saturated heterocycles. The van der Waals surface area contributed by atoms with E-state index in [2.05, 4.69) is 38.6 Å². The van der Waals surface area contributed by atoms with E-state index in [1.807, 2.05) is 24.0 Å². The molecular formula is C36H58N8O19S2. The number of likely N-dealkylation sites (N-methyl/N-ethyl adjacent to an activating group) is 1. The molecule has 4 unspecified atom stereocenters. The molecule has 29 heteroatoms. The van der Waals surface area contributed by atoms with Crippen molar-refractivity contribution in [2.75, 3.05) is 55.2 Å². The number of methoxy groups -OCH3 is 2. The molecule has 6 heterocycles. The van der Waals surface area contributed by atoms with Gasteiger partial charge in [-0.25, -0.2) is 4.79 Å². The first-order valence-corrected chi connectivity index (χ1v) is 20.1. The van der Waals surface area contributed by atoms with Crippen LogP contribution in [0.3, 0.4) is 0 Å². The maximum atomic E-state index is 12.0. The smallest absolute Gasteiger partial charge is 0.325 e. The van der Waals surface area contributed by atoms with Crippen LogP contribution in [-0.2, 0) is 33.3 Å². The fourth-order valence-electron chi connectivity index (χ4n) is 6.48. The molecule has 17 N–H and O–H groups in total. The van der Waals surface area contributed by atoms with Crippen molar-refractivity contribution in [2.24, 2.45) is 17.4 Å². The summed E-state index contributed by atoms with van der Waals surface area (Å²) in [6, 6.07) is 0. The van der Waals surface area contributed by atoms with Crippen molar-refractivity contribution < 1.29 is 79.2 Å². The highest BCUT2D eigenvalue weighted by Gasteiger charge is 2.48. The standard InChI is InChI=1S/C12H17NO6.C9H12N2O6.C9H12N2O5S.C5H13NO2.CH4N2S/c1-5-3-6(12(18)13(2)11(5)17)10-9(16)8(15)7(4-14)19-10;12-2-4-5(13)6(14)7(17-4)3-1-10-9(16)11-8(3)15;12-2-4-5(13)6(14)7(16-4)3-1-10-9(17)11-8(3)15;1-6(2)5(7-3)8-4;2-1(3)4/h3,5,7-10,14-16H,4H2,1-2H3;1,4-7,12-14H,2H2,(H2,10,11,15,16);1,4-7,12-14H,2H2,(H2,10,11,15,17);5H,1-4H3;(H4,2,3,4)/t5?,7-,8+,9?,10+;2*4-,5+,6?,7+;;/m111../s1. The topological polar surface area (TPSA) is 435 Å². The van der Waals surface area contributed by atoms with Crippen molar-refractivity contribution in [3.05, 3.63) is 71.1 Å². The number of rotatable bonds is 9. The first kappa shape index (κ1) is 56.9. The van der Waals surface area contributed by atoms with Crippen LogP contribution < -0.4 is 28.3 Å². The number of nitrogens with one attached hydrogen (secondary N) is 4. The predicted octanol–water partition coefficient (Wildman–Crippen LogP) is -6.85. The number of aliphatic hydroxyl groups is 9. The highest BCUT2D eigenvalue weighted by atomic mass is 32.1. The predicted molar refractivity (Wildman–Crippen MR) is 229 cm³/mol. The van der Waals surface area contributed by atoms with Crippen LogP contribution in [-0.4, -0.2) is 215 Å². The normalized spacial score (nSPS) is 30.6. The average molecular weight is 971 g/mol. The third-order valence-corrected chi connectivity index (χ3v) is 9.99. The van der Waals surface area contributed by atoms with Gasteiger partial charge in [-0.3, -0.25) is 38.9 Å². The molecule has 2 aromatic heterocycles. The Bertz CT molecular complexity index is 2040. The van der Waals surface area contributed by atoms with Crippen molar-refractivity contribution >= 4 is 41.4 Å². The number of aliphatic hydroxyl groups excluding tert-OH is 9. The Morgan fingerprint density at radius 3 is 1.46 bits per heavy atom. The number of thiocarbonyl (C=S) groups is 1. The first-order chi connectivity index (χ1) is 30.4. The van der Waals surface area contributed by atoms with Gasteiger partial charge in [-0.2, -0.15) is 0 Å². The van der Waals surface area contributed by atoms with Crippen LogP contribution in [0.1, 0.15) is 30.3 Å². The van der Waals surface area contributed by atoms with Crippen molar-refractivity contribution in [2.45, 2.75) is 86.6 Å². The van der Waals surface area contributed by atoms with Crippen LogP contribution in [0, 0.1) is 10.7 Å². The van der Waals surface area contributed by atoms with Gasteiger partial charge in [-0.05, 0) is 38.5 Å². The van der Waals surface area contributed by atoms with Gasteiger partial charge in [-0.15, -0.1) is 0 Å². The lowest BCUT2D eigenvalue weighted by Crippen LogP contribution is -2.46. The number of hydrogen-bond acceptors (Lipinski definition) is 22. The van der Waals surface area contributed by atoms with Crippen LogP contribution in [0.5, 0.6) is 0 Å². The van der Waals surface area contributed by atoms with E-state index in [-0.39, 0.29) is 38.9 Å². The zero-order valence-electron chi connectivity index (χ0n) is 35.9. The monoisotopic (exact) mass is 970 g/mol. The molecule has 6 rings (SSSR count). The zero-order chi connectivity index (χ0) is 49.6. The lowest BCUT2D eigenvalue weighted by Gasteiger charge is -2.28. The number of nitrogens with two attached hydrogens (primary N) is 2. The number of hydrogen-bond donors (Lipinski definition) is 15. The van der Waals surface area contributed by atoms with Gasteiger partial charge in [0, 0.05) is 39.2 Å². The minimum atomic E-state index is -1.33. The van der Waals surface area contributed by atoms with Crippen LogP contribution in [0.2, 0.25) is 0 Å². The second-order valence-electron chi connectivity index (χ2n) is 14.6. The molecule has 13 atom stereocenters. The van der Waals surface area contributed by atoms with Crippen molar-refractivity contribution in [3.63, 3.8) is 0 Å². The molecular weight excluding hydrogens is 913 g/mol. The van der Waals surface area contributed by atoms with E-state index in [0.717, 1.165) is 11.1 Å². The number of carbonyl (C=O) groups is 2. The second-order valence-corrected chi connectivity index (χ2v) is 15.5. The van der Waals surface area contributed by atoms with E-state index in [4.69, 9.17) is 51.2 Å². The Morgan fingerprint density at radius 2 is 1.12 bits per heavy atom. The highest BCUT2D eigenvalue weighted by Crippen LogP contribution is 2.33. The Kier molecular flexibility index (Phi) is 22.9. The number of H-pyrrole nitrogens is 4. The summed E-state index contributed by atoms with van der Waals surface area (Å²) in [5.74, 6) is -1.39. The molecule has 27 nitrogen and oxygen atoms in total. The SMILES string of the molecule is CC1C=C([C@@H]2O[C@H](CO)[C@H](O)C2O)C(=O)N(C)C1=O.COC(OC)N(C)C.NC(N)=S.O=c1[nH]c(=S)[nH]cc1[C@@H]1O[C@H](CO)[C@H](O)C1O.O=c1[nH]cc([C@@H]2O[C@H](CO)[C@H](O)C2O)c(=O)[nH]1. The molecule has 4 aliphatic heterocycles. The summed E-state index contributed by atoms with van der Waals surface area (Å²) in [5.41, 5.74) is 7.62. The fraction of sp³-hybridized carbons (Fsp3) is 0.639. The van der Waals surface area contributed by atoms with E-state index < -0.39 is 122 Å². The van der Waals surface area contributed by atoms with Gasteiger partial charge in [-0.1, -0.05) is 13.0 Å². The third-order valence-electron chi connectivity index (χ3n) is 9.77. The Balaban J connectivity index is 0.000000298. The van der Waals surface area contributed by atoms with E-state index in [1.165, 1.54) is 19.3 Å². The Morgan fingerprint density at radius 1 is 0.738 bits per heavy atom. The van der Waals surface area contributed by atoms with E-state index in [0.29, 0.717) is 0 Å². The van der Waals surface area contributed by atoms with Crippen molar-refractivity contribution in [3.8, 4) is 0 Å². The molecule has 368 valence electrons. The number of aromatic nitrogens is 4. The zero-order valence-corrected chi connectivity index (χ0v) is 37.5. The lowest BCUT2D eigenvalue weighted by molar-refractivity contribution is -0.179. The quantitative estimate of drug-likeness (QED) is 0.0631. The molecule has 3 fully saturated rings. The maximum absolute atomic E-state index is 12.0. The average Bonchev–Trinajstić information content (AvgIpc) is 3.82. The van der Waals surface area contributed by atoms with Crippen LogP contribution >= 0.6 is 24.4 Å². The largest absolute Gasteiger partial charge is 0.394 e. The van der Waals surface area contributed by atoms with Gasteiger partial charge >= 0.3 is 5.69 Å². The van der Waals surface area contributed by atoms with Gasteiger partial charge in [0.25, 0.3) is 17.0 Å². The molecule has 2 aromatic rings. The minimum Gasteiger partial charge on any atom is -0.394 e. The fourth-order valence-corrected chi connectivity index (χ4v) is 6.63. The summed E-state index contributed by atoms with van der Waals surface area (Å²) in [4.78, 5) is 69.5. The number of amides is 2. The number of ether oxygens (including phenoxy) is 5. The van der Waals surface area contributed by atoms with E-state index in [9.17, 15) is 54.6 Å². The Hall–Kier alpha value is -4.25. The van der Waals surface area contributed by atoms with Crippen LogP contribution in [0.4, 0.5) is 0 Å². The molecule has 0 radical (unpaired) electrons. The second kappa shape index (κ2) is 26.2. The van der Waals surface area contributed by atoms with Gasteiger partial charge < -0.3 is 91.1 Å². The van der Waals surface area contributed by atoms with Gasteiger partial charge in [0.05, 0.1) is 36.9 Å². The summed E-state index contributed by atoms with van der Waals surface area (Å²) in [7, 11) is 8.34. The molecule has 4 aliphatic rings.